The van der Waals surface area contributed by atoms with Gasteiger partial charge in [0.25, 0.3) is 0 Å². The standard InChI is InChI=1S/C12H13FN4/c13-9-2-1-3-10(8-9)16-12-5-7-15-11(17-12)4-6-14/h1-3,5,7-8H,4,6,14H2,(H,15,16,17). The average Bonchev–Trinajstić information content (AvgIpc) is 2.30. The summed E-state index contributed by atoms with van der Waals surface area (Å²) in [6.45, 7) is 0.503. The zero-order chi connectivity index (χ0) is 12.1. The number of hydrogen-bond acceptors (Lipinski definition) is 4. The minimum atomic E-state index is -0.286. The third-order valence-electron chi connectivity index (χ3n) is 2.17. The second-order valence-corrected chi connectivity index (χ2v) is 3.53. The molecule has 17 heavy (non-hydrogen) atoms. The van der Waals surface area contributed by atoms with Gasteiger partial charge < -0.3 is 11.1 Å². The number of halogens is 1. The largest absolute Gasteiger partial charge is 0.340 e. The molecule has 0 aliphatic rings. The van der Waals surface area contributed by atoms with Crippen LogP contribution in [0.4, 0.5) is 15.9 Å². The fraction of sp³-hybridized carbons (Fsp3) is 0.167. The zero-order valence-electron chi connectivity index (χ0n) is 9.23. The van der Waals surface area contributed by atoms with Crippen LogP contribution >= 0.6 is 0 Å². The van der Waals surface area contributed by atoms with Crippen molar-refractivity contribution in [1.29, 1.82) is 0 Å². The Hall–Kier alpha value is -2.01. The summed E-state index contributed by atoms with van der Waals surface area (Å²) < 4.78 is 13.0. The number of nitrogens with two attached hydrogens (primary N) is 1. The fourth-order valence-corrected chi connectivity index (χ4v) is 1.43. The van der Waals surface area contributed by atoms with Gasteiger partial charge >= 0.3 is 0 Å². The first-order valence-electron chi connectivity index (χ1n) is 5.32. The van der Waals surface area contributed by atoms with Gasteiger partial charge in [-0.3, -0.25) is 0 Å². The first kappa shape index (κ1) is 11.5. The molecule has 0 aliphatic carbocycles. The highest BCUT2D eigenvalue weighted by Crippen LogP contribution is 2.14. The molecule has 0 saturated carbocycles. The molecule has 2 rings (SSSR count). The van der Waals surface area contributed by atoms with Crippen molar-refractivity contribution < 1.29 is 4.39 Å². The third-order valence-corrected chi connectivity index (χ3v) is 2.17. The second-order valence-electron chi connectivity index (χ2n) is 3.53. The van der Waals surface area contributed by atoms with Crippen LogP contribution in [0.2, 0.25) is 0 Å². The molecule has 1 heterocycles. The molecule has 3 N–H and O–H groups in total. The van der Waals surface area contributed by atoms with Crippen LogP contribution in [0.15, 0.2) is 36.5 Å². The molecular weight excluding hydrogens is 219 g/mol. The summed E-state index contributed by atoms with van der Waals surface area (Å²) in [5, 5.41) is 3.01. The van der Waals surface area contributed by atoms with E-state index >= 15 is 0 Å². The van der Waals surface area contributed by atoms with Crippen LogP contribution in [0.1, 0.15) is 5.82 Å². The summed E-state index contributed by atoms with van der Waals surface area (Å²) in [6.07, 6.45) is 2.28. The molecule has 0 fully saturated rings. The normalized spacial score (nSPS) is 10.2. The molecule has 0 bridgehead atoms. The molecule has 0 amide bonds. The van der Waals surface area contributed by atoms with E-state index in [9.17, 15) is 4.39 Å². The van der Waals surface area contributed by atoms with Gasteiger partial charge in [-0.05, 0) is 30.8 Å². The van der Waals surface area contributed by atoms with E-state index in [0.29, 0.717) is 30.3 Å². The number of benzene rings is 1. The van der Waals surface area contributed by atoms with Crippen LogP contribution in [-0.4, -0.2) is 16.5 Å². The van der Waals surface area contributed by atoms with Crippen LogP contribution in [0, 0.1) is 5.82 Å². The predicted octanol–water partition coefficient (Wildman–Crippen LogP) is 1.86. The van der Waals surface area contributed by atoms with Gasteiger partial charge in [-0.15, -0.1) is 0 Å². The summed E-state index contributed by atoms with van der Waals surface area (Å²) in [5.41, 5.74) is 6.09. The number of hydrogen-bond donors (Lipinski definition) is 2. The van der Waals surface area contributed by atoms with Gasteiger partial charge in [0, 0.05) is 18.3 Å². The molecule has 88 valence electrons. The first-order valence-corrected chi connectivity index (χ1v) is 5.32. The maximum absolute atomic E-state index is 13.0. The van der Waals surface area contributed by atoms with Crippen LogP contribution in [-0.2, 0) is 6.42 Å². The summed E-state index contributed by atoms with van der Waals surface area (Å²) in [6, 6.07) is 7.94. The van der Waals surface area contributed by atoms with E-state index in [-0.39, 0.29) is 5.82 Å². The van der Waals surface area contributed by atoms with Gasteiger partial charge in [-0.2, -0.15) is 0 Å². The van der Waals surface area contributed by atoms with Crippen molar-refractivity contribution in [2.75, 3.05) is 11.9 Å². The molecule has 0 aliphatic heterocycles. The SMILES string of the molecule is NCCc1nccc(Nc2cccc(F)c2)n1. The highest BCUT2D eigenvalue weighted by atomic mass is 19.1. The number of aromatic nitrogens is 2. The van der Waals surface area contributed by atoms with Crippen molar-refractivity contribution in [3.63, 3.8) is 0 Å². The van der Waals surface area contributed by atoms with E-state index in [1.54, 1.807) is 24.4 Å². The third kappa shape index (κ3) is 3.22. The van der Waals surface area contributed by atoms with Crippen LogP contribution in [0.5, 0.6) is 0 Å². The maximum atomic E-state index is 13.0. The van der Waals surface area contributed by atoms with E-state index in [2.05, 4.69) is 15.3 Å². The highest BCUT2D eigenvalue weighted by molar-refractivity contribution is 5.55. The Balaban J connectivity index is 2.15. The molecule has 0 atom stereocenters. The molecule has 5 heteroatoms. The van der Waals surface area contributed by atoms with Crippen molar-refractivity contribution in [2.45, 2.75) is 6.42 Å². The monoisotopic (exact) mass is 232 g/mol. The minimum Gasteiger partial charge on any atom is -0.340 e. The fourth-order valence-electron chi connectivity index (χ4n) is 1.43. The molecule has 1 aromatic heterocycles. The van der Waals surface area contributed by atoms with Gasteiger partial charge in [-0.25, -0.2) is 14.4 Å². The summed E-state index contributed by atoms with van der Waals surface area (Å²) in [5.74, 6) is 1.02. The maximum Gasteiger partial charge on any atom is 0.134 e. The molecule has 4 nitrogen and oxygen atoms in total. The van der Waals surface area contributed by atoms with E-state index in [1.165, 1.54) is 12.1 Å². The average molecular weight is 232 g/mol. The molecule has 0 radical (unpaired) electrons. The Morgan fingerprint density at radius 1 is 1.29 bits per heavy atom. The predicted molar refractivity (Wildman–Crippen MR) is 64.5 cm³/mol. The molecule has 0 unspecified atom stereocenters. The Morgan fingerprint density at radius 3 is 2.94 bits per heavy atom. The van der Waals surface area contributed by atoms with Crippen LogP contribution in [0.3, 0.4) is 0 Å². The van der Waals surface area contributed by atoms with Crippen molar-refractivity contribution in [3.8, 4) is 0 Å². The summed E-state index contributed by atoms with van der Waals surface area (Å²) >= 11 is 0. The van der Waals surface area contributed by atoms with Gasteiger partial charge in [-0.1, -0.05) is 6.07 Å². The first-order chi connectivity index (χ1) is 8.28. The van der Waals surface area contributed by atoms with Crippen LogP contribution in [0.25, 0.3) is 0 Å². The Labute approximate surface area is 98.7 Å². The Bertz CT molecular complexity index is 501. The summed E-state index contributed by atoms with van der Waals surface area (Å²) in [4.78, 5) is 8.35. The lowest BCUT2D eigenvalue weighted by Gasteiger charge is -2.06. The Morgan fingerprint density at radius 2 is 2.18 bits per heavy atom. The van der Waals surface area contributed by atoms with Gasteiger partial charge in [0.2, 0.25) is 0 Å². The number of anilines is 2. The lowest BCUT2D eigenvalue weighted by molar-refractivity contribution is 0.628. The zero-order valence-corrected chi connectivity index (χ0v) is 9.23. The molecule has 0 spiro atoms. The van der Waals surface area contributed by atoms with Gasteiger partial charge in [0.05, 0.1) is 0 Å². The van der Waals surface area contributed by atoms with E-state index < -0.39 is 0 Å². The minimum absolute atomic E-state index is 0.286. The van der Waals surface area contributed by atoms with E-state index in [1.807, 2.05) is 0 Å². The quantitative estimate of drug-likeness (QED) is 0.844. The van der Waals surface area contributed by atoms with E-state index in [4.69, 9.17) is 5.73 Å². The topological polar surface area (TPSA) is 63.8 Å². The van der Waals surface area contributed by atoms with Crippen molar-refractivity contribution in [2.24, 2.45) is 5.73 Å². The Kier molecular flexibility index (Phi) is 3.62. The van der Waals surface area contributed by atoms with Crippen molar-refractivity contribution >= 4 is 11.5 Å². The highest BCUT2D eigenvalue weighted by Gasteiger charge is 2.00. The molecule has 2 aromatic rings. The molecular formula is C12H13FN4. The lowest BCUT2D eigenvalue weighted by Crippen LogP contribution is -2.07. The van der Waals surface area contributed by atoms with Crippen LogP contribution < -0.4 is 11.1 Å². The van der Waals surface area contributed by atoms with Crippen molar-refractivity contribution in [1.82, 2.24) is 9.97 Å². The second kappa shape index (κ2) is 5.36. The summed E-state index contributed by atoms with van der Waals surface area (Å²) in [7, 11) is 0. The van der Waals surface area contributed by atoms with E-state index in [0.717, 1.165) is 0 Å². The smallest absolute Gasteiger partial charge is 0.134 e. The van der Waals surface area contributed by atoms with Crippen molar-refractivity contribution in [3.05, 3.63) is 48.2 Å². The lowest BCUT2D eigenvalue weighted by atomic mass is 10.3. The molecule has 1 aromatic carbocycles. The number of rotatable bonds is 4. The van der Waals surface area contributed by atoms with Gasteiger partial charge in [0.15, 0.2) is 0 Å². The number of nitrogens with zero attached hydrogens (tertiary/aromatic N) is 2. The van der Waals surface area contributed by atoms with Gasteiger partial charge in [0.1, 0.15) is 17.5 Å². The molecule has 0 saturated heterocycles. The number of nitrogens with one attached hydrogen (secondary N) is 1.